The van der Waals surface area contributed by atoms with Crippen LogP contribution in [0.15, 0.2) is 12.4 Å². The maximum Gasteiger partial charge on any atom is 0.468 e. The minimum absolute atomic E-state index is 0.719. The van der Waals surface area contributed by atoms with Gasteiger partial charge in [0, 0.05) is 0 Å². The van der Waals surface area contributed by atoms with Crippen LogP contribution in [0.5, 0.6) is 0 Å². The number of alkyl halides is 5. The Kier molecular flexibility index (Phi) is 7.55. The quantitative estimate of drug-likeness (QED) is 0.169. The SMILES string of the molecule is C=C(F)C(=O)OC(OCC(F)(F)S(=O)(=O)[O-])(C(=O)OCC(C)=O)C(F)(F)F. The molecule has 0 heterocycles. The number of ether oxygens (including phenoxy) is 3. The molecule has 0 amide bonds. The molecule has 0 aromatic heterocycles. The highest BCUT2D eigenvalue weighted by Crippen LogP contribution is 2.38. The molecule has 1 atom stereocenters. The summed E-state index contributed by atoms with van der Waals surface area (Å²) in [5.41, 5.74) is 0. The van der Waals surface area contributed by atoms with Crippen LogP contribution in [0.4, 0.5) is 26.3 Å². The summed E-state index contributed by atoms with van der Waals surface area (Å²) in [5.74, 6) is -13.9. The van der Waals surface area contributed by atoms with E-state index >= 15 is 0 Å². The number of rotatable bonds is 9. The smallest absolute Gasteiger partial charge is 0.468 e. The Morgan fingerprint density at radius 2 is 1.59 bits per heavy atom. The molecule has 1 unspecified atom stereocenters. The first-order chi connectivity index (χ1) is 11.9. The average Bonchev–Trinajstić information content (AvgIpc) is 2.46. The van der Waals surface area contributed by atoms with Crippen molar-refractivity contribution in [1.82, 2.24) is 0 Å². The van der Waals surface area contributed by atoms with E-state index in [9.17, 15) is 53.7 Å². The molecule has 0 saturated carbocycles. The topological polar surface area (TPSA) is 136 Å². The predicted molar refractivity (Wildman–Crippen MR) is 67.4 cm³/mol. The molecular formula is C11H9F6O9S-. The van der Waals surface area contributed by atoms with E-state index in [0.717, 1.165) is 6.92 Å². The van der Waals surface area contributed by atoms with Gasteiger partial charge in [0.25, 0.3) is 0 Å². The molecule has 0 radical (unpaired) electrons. The van der Waals surface area contributed by atoms with E-state index in [0.29, 0.717) is 0 Å². The van der Waals surface area contributed by atoms with Gasteiger partial charge in [0.15, 0.2) is 15.9 Å². The zero-order valence-corrected chi connectivity index (χ0v) is 13.8. The molecule has 27 heavy (non-hydrogen) atoms. The Hall–Kier alpha value is -2.20. The van der Waals surface area contributed by atoms with Crippen LogP contribution in [0.25, 0.3) is 0 Å². The van der Waals surface area contributed by atoms with Crippen LogP contribution in [-0.4, -0.2) is 61.1 Å². The van der Waals surface area contributed by atoms with Crippen molar-refractivity contribution in [2.24, 2.45) is 0 Å². The number of ketones is 1. The van der Waals surface area contributed by atoms with Crippen molar-refractivity contribution in [1.29, 1.82) is 0 Å². The normalized spacial score (nSPS) is 14.8. The predicted octanol–water partition coefficient (Wildman–Crippen LogP) is 0.558. The summed E-state index contributed by atoms with van der Waals surface area (Å²) < 4.78 is 120. The molecule has 0 spiro atoms. The van der Waals surface area contributed by atoms with Gasteiger partial charge in [0.2, 0.25) is 5.83 Å². The standard InChI is InChI=1S/C11H10F6O9S/c1-5(18)3-24-8(20)10(11(15,16)17,26-7(19)6(2)12)25-4-9(13,14)27(21,22)23/h2-4H2,1H3,(H,21,22,23)/p-1. The zero-order chi connectivity index (χ0) is 21.8. The van der Waals surface area contributed by atoms with Crippen molar-refractivity contribution in [3.63, 3.8) is 0 Å². The fraction of sp³-hybridized carbons (Fsp3) is 0.545. The molecule has 0 aromatic rings. The highest BCUT2D eigenvalue weighted by atomic mass is 32.2. The van der Waals surface area contributed by atoms with Crippen molar-refractivity contribution in [3.8, 4) is 0 Å². The number of carbonyl (C=O) groups is 3. The summed E-state index contributed by atoms with van der Waals surface area (Å²) in [7, 11) is -6.58. The van der Waals surface area contributed by atoms with Crippen molar-refractivity contribution in [3.05, 3.63) is 12.4 Å². The maximum atomic E-state index is 13.2. The Labute approximate surface area is 146 Å². The van der Waals surface area contributed by atoms with E-state index < -0.39 is 64.1 Å². The van der Waals surface area contributed by atoms with Crippen LogP contribution in [0.1, 0.15) is 6.92 Å². The van der Waals surface area contributed by atoms with E-state index in [-0.39, 0.29) is 0 Å². The lowest BCUT2D eigenvalue weighted by molar-refractivity contribution is -0.360. The van der Waals surface area contributed by atoms with Crippen LogP contribution in [0.3, 0.4) is 0 Å². The Morgan fingerprint density at radius 3 is 1.93 bits per heavy atom. The lowest BCUT2D eigenvalue weighted by Gasteiger charge is -2.33. The number of hydrogen-bond donors (Lipinski definition) is 0. The van der Waals surface area contributed by atoms with Gasteiger partial charge in [0.1, 0.15) is 13.2 Å². The minimum Gasteiger partial charge on any atom is -0.743 e. The Balaban J connectivity index is 6.14. The molecule has 16 heteroatoms. The molecule has 0 aliphatic carbocycles. The largest absolute Gasteiger partial charge is 0.743 e. The number of Topliss-reactive ketones (excluding diaryl/α,β-unsaturated/α-hetero) is 1. The molecule has 156 valence electrons. The number of carbonyl (C=O) groups excluding carboxylic acids is 3. The summed E-state index contributed by atoms with van der Waals surface area (Å²) >= 11 is 0. The van der Waals surface area contributed by atoms with Gasteiger partial charge < -0.3 is 18.8 Å². The fourth-order valence-electron chi connectivity index (χ4n) is 1.09. The number of esters is 2. The van der Waals surface area contributed by atoms with E-state index in [1.807, 2.05) is 0 Å². The lowest BCUT2D eigenvalue weighted by Crippen LogP contribution is -2.59. The maximum absolute atomic E-state index is 13.2. The monoisotopic (exact) mass is 431 g/mol. The highest BCUT2D eigenvalue weighted by molar-refractivity contribution is 7.86. The van der Waals surface area contributed by atoms with Gasteiger partial charge in [-0.3, -0.25) is 4.79 Å². The number of halogens is 6. The zero-order valence-electron chi connectivity index (χ0n) is 13.0. The second kappa shape index (κ2) is 8.22. The molecule has 0 rings (SSSR count). The molecule has 0 fully saturated rings. The van der Waals surface area contributed by atoms with Gasteiger partial charge in [0.05, 0.1) is 0 Å². The Morgan fingerprint density at radius 1 is 1.11 bits per heavy atom. The van der Waals surface area contributed by atoms with Gasteiger partial charge in [-0.1, -0.05) is 6.58 Å². The van der Waals surface area contributed by atoms with Crippen LogP contribution < -0.4 is 0 Å². The molecular weight excluding hydrogens is 422 g/mol. The molecule has 0 saturated heterocycles. The molecule has 0 aliphatic heterocycles. The Bertz CT molecular complexity index is 729. The van der Waals surface area contributed by atoms with Gasteiger partial charge in [-0.15, -0.1) is 0 Å². The van der Waals surface area contributed by atoms with E-state index in [2.05, 4.69) is 20.8 Å². The fourth-order valence-corrected chi connectivity index (χ4v) is 1.29. The van der Waals surface area contributed by atoms with Crippen molar-refractivity contribution < 1.29 is 67.9 Å². The summed E-state index contributed by atoms with van der Waals surface area (Å²) in [6, 6.07) is 0. The van der Waals surface area contributed by atoms with Gasteiger partial charge in [-0.2, -0.15) is 26.3 Å². The van der Waals surface area contributed by atoms with E-state index in [1.54, 1.807) is 0 Å². The third kappa shape index (κ3) is 6.17. The van der Waals surface area contributed by atoms with Crippen LogP contribution in [0.2, 0.25) is 0 Å². The number of hydrogen-bond acceptors (Lipinski definition) is 9. The van der Waals surface area contributed by atoms with Crippen molar-refractivity contribution in [2.75, 3.05) is 13.2 Å². The molecule has 9 nitrogen and oxygen atoms in total. The summed E-state index contributed by atoms with van der Waals surface area (Å²) in [5, 5.41) is -5.52. The van der Waals surface area contributed by atoms with Crippen molar-refractivity contribution >= 4 is 27.8 Å². The third-order valence-electron chi connectivity index (χ3n) is 2.32. The van der Waals surface area contributed by atoms with Crippen LogP contribution in [0, 0.1) is 0 Å². The highest BCUT2D eigenvalue weighted by Gasteiger charge is 2.69. The second-order valence-electron chi connectivity index (χ2n) is 4.57. The summed E-state index contributed by atoms with van der Waals surface area (Å²) in [4.78, 5) is 33.4. The van der Waals surface area contributed by atoms with E-state index in [1.165, 1.54) is 0 Å². The third-order valence-corrected chi connectivity index (χ3v) is 3.16. The van der Waals surface area contributed by atoms with Gasteiger partial charge >= 0.3 is 29.2 Å². The first-order valence-electron chi connectivity index (χ1n) is 6.15. The first kappa shape index (κ1) is 24.8. The van der Waals surface area contributed by atoms with Crippen LogP contribution in [-0.2, 0) is 38.7 Å². The average molecular weight is 431 g/mol. The first-order valence-corrected chi connectivity index (χ1v) is 7.56. The van der Waals surface area contributed by atoms with Gasteiger partial charge in [-0.25, -0.2) is 18.0 Å². The second-order valence-corrected chi connectivity index (χ2v) is 6.07. The van der Waals surface area contributed by atoms with Gasteiger partial charge in [-0.05, 0) is 6.92 Å². The lowest BCUT2D eigenvalue weighted by atomic mass is 10.2. The van der Waals surface area contributed by atoms with Crippen molar-refractivity contribution in [2.45, 2.75) is 24.1 Å². The molecule has 0 bridgehead atoms. The van der Waals surface area contributed by atoms with Crippen LogP contribution >= 0.6 is 0 Å². The minimum atomic E-state index is -6.58. The molecule has 0 aliphatic rings. The summed E-state index contributed by atoms with van der Waals surface area (Å²) in [6.07, 6.45) is -6.26. The summed E-state index contributed by atoms with van der Waals surface area (Å²) in [6.45, 7) is -1.37. The van der Waals surface area contributed by atoms with E-state index in [4.69, 9.17) is 0 Å². The molecule has 0 aromatic carbocycles. The molecule has 0 N–H and O–H groups in total.